The number of halogens is 1. The molecule has 0 radical (unpaired) electrons. The fourth-order valence-corrected chi connectivity index (χ4v) is 1.75. The Labute approximate surface area is 85.5 Å². The molecule has 0 saturated heterocycles. The number of aromatic nitrogens is 2. The van der Waals surface area contributed by atoms with Gasteiger partial charge in [0, 0.05) is 16.4 Å². The largest absolute Gasteiger partial charge is 0.356 e. The SMILES string of the molecule is CC(C)c1cc2nccc(Br)c2[nH]1. The number of fused-ring (bicyclic) bond motifs is 1. The zero-order valence-electron chi connectivity index (χ0n) is 7.63. The predicted molar refractivity (Wildman–Crippen MR) is 57.9 cm³/mol. The smallest absolute Gasteiger partial charge is 0.0893 e. The van der Waals surface area contributed by atoms with Gasteiger partial charge >= 0.3 is 0 Å². The van der Waals surface area contributed by atoms with Crippen LogP contribution in [0.4, 0.5) is 0 Å². The second-order valence-corrected chi connectivity index (χ2v) is 4.29. The molecular weight excluding hydrogens is 228 g/mol. The summed E-state index contributed by atoms with van der Waals surface area (Å²) in [5.41, 5.74) is 3.35. The van der Waals surface area contributed by atoms with Crippen LogP contribution in [0, 0.1) is 0 Å². The maximum absolute atomic E-state index is 4.28. The normalized spacial score (nSPS) is 11.4. The molecule has 2 aromatic heterocycles. The van der Waals surface area contributed by atoms with Gasteiger partial charge in [0.25, 0.3) is 0 Å². The lowest BCUT2D eigenvalue weighted by atomic mass is 10.1. The van der Waals surface area contributed by atoms with Gasteiger partial charge in [0.05, 0.1) is 11.0 Å². The van der Waals surface area contributed by atoms with Crippen LogP contribution in [0.1, 0.15) is 25.5 Å². The average molecular weight is 239 g/mol. The van der Waals surface area contributed by atoms with Crippen molar-refractivity contribution in [1.82, 2.24) is 9.97 Å². The maximum atomic E-state index is 4.28. The Kier molecular flexibility index (Phi) is 2.12. The van der Waals surface area contributed by atoms with Gasteiger partial charge in [0.1, 0.15) is 0 Å². The van der Waals surface area contributed by atoms with Crippen LogP contribution in [-0.4, -0.2) is 9.97 Å². The minimum Gasteiger partial charge on any atom is -0.356 e. The molecule has 13 heavy (non-hydrogen) atoms. The molecule has 2 aromatic rings. The van der Waals surface area contributed by atoms with E-state index in [-0.39, 0.29) is 0 Å². The Balaban J connectivity index is 2.68. The van der Waals surface area contributed by atoms with Crippen LogP contribution in [0.25, 0.3) is 11.0 Å². The maximum Gasteiger partial charge on any atom is 0.0893 e. The number of rotatable bonds is 1. The van der Waals surface area contributed by atoms with E-state index in [9.17, 15) is 0 Å². The van der Waals surface area contributed by atoms with Crippen LogP contribution >= 0.6 is 15.9 Å². The van der Waals surface area contributed by atoms with E-state index in [1.54, 1.807) is 0 Å². The minimum absolute atomic E-state index is 0.515. The Bertz CT molecular complexity index is 431. The predicted octanol–water partition coefficient (Wildman–Crippen LogP) is 3.45. The molecule has 0 spiro atoms. The standard InChI is InChI=1S/C10H11BrN2/c1-6(2)8-5-9-10(13-8)7(11)3-4-12-9/h3-6,13H,1-2H3. The summed E-state index contributed by atoms with van der Waals surface area (Å²) in [4.78, 5) is 7.64. The highest BCUT2D eigenvalue weighted by atomic mass is 79.9. The molecule has 2 nitrogen and oxygen atoms in total. The quantitative estimate of drug-likeness (QED) is 0.811. The molecule has 68 valence electrons. The molecule has 0 saturated carbocycles. The molecule has 0 atom stereocenters. The fraction of sp³-hybridized carbons (Fsp3) is 0.300. The lowest BCUT2D eigenvalue weighted by Crippen LogP contribution is -1.84. The molecule has 0 fully saturated rings. The summed E-state index contributed by atoms with van der Waals surface area (Å²) in [6.45, 7) is 4.33. The highest BCUT2D eigenvalue weighted by Crippen LogP contribution is 2.24. The van der Waals surface area contributed by atoms with Crippen molar-refractivity contribution in [3.63, 3.8) is 0 Å². The first-order valence-corrected chi connectivity index (χ1v) is 5.11. The van der Waals surface area contributed by atoms with Crippen molar-refractivity contribution in [2.24, 2.45) is 0 Å². The van der Waals surface area contributed by atoms with Crippen molar-refractivity contribution in [1.29, 1.82) is 0 Å². The molecule has 1 N–H and O–H groups in total. The summed E-state index contributed by atoms with van der Waals surface area (Å²) in [5.74, 6) is 0.515. The van der Waals surface area contributed by atoms with Gasteiger partial charge in [-0.3, -0.25) is 4.98 Å². The van der Waals surface area contributed by atoms with Crippen LogP contribution in [-0.2, 0) is 0 Å². The minimum atomic E-state index is 0.515. The lowest BCUT2D eigenvalue weighted by molar-refractivity contribution is 0.836. The lowest BCUT2D eigenvalue weighted by Gasteiger charge is -1.98. The van der Waals surface area contributed by atoms with E-state index in [2.05, 4.69) is 45.8 Å². The number of aromatic amines is 1. The van der Waals surface area contributed by atoms with Gasteiger partial charge in [-0.1, -0.05) is 13.8 Å². The monoisotopic (exact) mass is 238 g/mol. The molecular formula is C10H11BrN2. The molecule has 0 unspecified atom stereocenters. The van der Waals surface area contributed by atoms with Crippen molar-refractivity contribution in [2.75, 3.05) is 0 Å². The van der Waals surface area contributed by atoms with Crippen LogP contribution < -0.4 is 0 Å². The van der Waals surface area contributed by atoms with Crippen molar-refractivity contribution in [3.05, 3.63) is 28.5 Å². The van der Waals surface area contributed by atoms with Crippen LogP contribution in [0.5, 0.6) is 0 Å². The van der Waals surface area contributed by atoms with Gasteiger partial charge in [-0.05, 0) is 34.0 Å². The number of hydrogen-bond donors (Lipinski definition) is 1. The van der Waals surface area contributed by atoms with E-state index < -0.39 is 0 Å². The second-order valence-electron chi connectivity index (χ2n) is 3.43. The molecule has 3 heteroatoms. The van der Waals surface area contributed by atoms with Gasteiger partial charge in [-0.2, -0.15) is 0 Å². The van der Waals surface area contributed by atoms with Crippen molar-refractivity contribution >= 4 is 27.0 Å². The molecule has 0 aromatic carbocycles. The van der Waals surface area contributed by atoms with Gasteiger partial charge in [-0.25, -0.2) is 0 Å². The van der Waals surface area contributed by atoms with E-state index in [4.69, 9.17) is 0 Å². The molecule has 0 amide bonds. The molecule has 2 heterocycles. The number of H-pyrrole nitrogens is 1. The average Bonchev–Trinajstić information content (AvgIpc) is 2.49. The first-order valence-electron chi connectivity index (χ1n) is 4.31. The third kappa shape index (κ3) is 1.48. The summed E-state index contributed by atoms with van der Waals surface area (Å²) in [6, 6.07) is 4.05. The molecule has 0 aliphatic carbocycles. The fourth-order valence-electron chi connectivity index (χ4n) is 1.33. The van der Waals surface area contributed by atoms with E-state index in [1.807, 2.05) is 12.3 Å². The topological polar surface area (TPSA) is 28.7 Å². The Morgan fingerprint density at radius 3 is 2.85 bits per heavy atom. The van der Waals surface area contributed by atoms with E-state index in [0.717, 1.165) is 15.5 Å². The molecule has 0 bridgehead atoms. The number of pyridine rings is 1. The Morgan fingerprint density at radius 2 is 2.23 bits per heavy atom. The van der Waals surface area contributed by atoms with Crippen molar-refractivity contribution in [3.8, 4) is 0 Å². The zero-order chi connectivity index (χ0) is 9.42. The third-order valence-corrected chi connectivity index (χ3v) is 2.77. The zero-order valence-corrected chi connectivity index (χ0v) is 9.22. The summed E-state index contributed by atoms with van der Waals surface area (Å²) >= 11 is 3.49. The highest BCUT2D eigenvalue weighted by molar-refractivity contribution is 9.10. The third-order valence-electron chi connectivity index (χ3n) is 2.11. The molecule has 0 aliphatic rings. The number of nitrogens with zero attached hydrogens (tertiary/aromatic N) is 1. The summed E-state index contributed by atoms with van der Waals surface area (Å²) in [5, 5.41) is 0. The van der Waals surface area contributed by atoms with Gasteiger partial charge in [0.15, 0.2) is 0 Å². The van der Waals surface area contributed by atoms with Gasteiger partial charge in [0.2, 0.25) is 0 Å². The first kappa shape index (κ1) is 8.75. The summed E-state index contributed by atoms with van der Waals surface area (Å²) in [6.07, 6.45) is 1.81. The van der Waals surface area contributed by atoms with Crippen molar-refractivity contribution < 1.29 is 0 Å². The van der Waals surface area contributed by atoms with Crippen LogP contribution in [0.15, 0.2) is 22.8 Å². The second kappa shape index (κ2) is 3.14. The Hall–Kier alpha value is -0.830. The number of nitrogens with one attached hydrogen (secondary N) is 1. The first-order chi connectivity index (χ1) is 6.18. The van der Waals surface area contributed by atoms with E-state index in [0.29, 0.717) is 5.92 Å². The molecule has 0 aliphatic heterocycles. The summed E-state index contributed by atoms with van der Waals surface area (Å²) < 4.78 is 1.07. The highest BCUT2D eigenvalue weighted by Gasteiger charge is 2.06. The van der Waals surface area contributed by atoms with Crippen molar-refractivity contribution in [2.45, 2.75) is 19.8 Å². The Morgan fingerprint density at radius 1 is 1.46 bits per heavy atom. The van der Waals surface area contributed by atoms with E-state index in [1.165, 1.54) is 5.69 Å². The summed E-state index contributed by atoms with van der Waals surface area (Å²) in [7, 11) is 0. The molecule has 2 rings (SSSR count). The van der Waals surface area contributed by atoms with Crippen LogP contribution in [0.2, 0.25) is 0 Å². The van der Waals surface area contributed by atoms with Gasteiger partial charge < -0.3 is 4.98 Å². The van der Waals surface area contributed by atoms with Gasteiger partial charge in [-0.15, -0.1) is 0 Å². The number of hydrogen-bond acceptors (Lipinski definition) is 1. The van der Waals surface area contributed by atoms with Crippen LogP contribution in [0.3, 0.4) is 0 Å². The van der Waals surface area contributed by atoms with E-state index >= 15 is 0 Å².